The Morgan fingerprint density at radius 1 is 1.38 bits per heavy atom. The van der Waals surface area contributed by atoms with Crippen molar-refractivity contribution in [2.75, 3.05) is 13.1 Å². The van der Waals surface area contributed by atoms with Gasteiger partial charge in [-0.1, -0.05) is 31.2 Å². The largest absolute Gasteiger partial charge is 0.349 e. The lowest BCUT2D eigenvalue weighted by Crippen LogP contribution is -2.36. The van der Waals surface area contributed by atoms with Crippen LogP contribution in [0.5, 0.6) is 0 Å². The van der Waals surface area contributed by atoms with Crippen molar-refractivity contribution < 1.29 is 4.79 Å². The van der Waals surface area contributed by atoms with Crippen LogP contribution in [0.3, 0.4) is 0 Å². The van der Waals surface area contributed by atoms with E-state index in [2.05, 4.69) is 41.8 Å². The molecule has 3 rings (SSSR count). The normalized spacial score (nSPS) is 26.1. The summed E-state index contributed by atoms with van der Waals surface area (Å²) in [4.78, 5) is 12.3. The predicted molar refractivity (Wildman–Crippen MR) is 85.0 cm³/mol. The van der Waals surface area contributed by atoms with Gasteiger partial charge in [-0.05, 0) is 61.7 Å². The molecular formula is C18H26N2O. The van der Waals surface area contributed by atoms with E-state index in [9.17, 15) is 4.79 Å². The summed E-state index contributed by atoms with van der Waals surface area (Å²) in [5, 5.41) is 6.69. The minimum Gasteiger partial charge on any atom is -0.349 e. The average Bonchev–Trinajstić information content (AvgIpc) is 2.91. The summed E-state index contributed by atoms with van der Waals surface area (Å²) in [5.74, 6) is 1.34. The van der Waals surface area contributed by atoms with Crippen LogP contribution in [-0.4, -0.2) is 19.0 Å². The highest BCUT2D eigenvalue weighted by Gasteiger charge is 2.26. The molecule has 0 saturated carbocycles. The van der Waals surface area contributed by atoms with Crippen molar-refractivity contribution in [2.45, 2.75) is 45.1 Å². The van der Waals surface area contributed by atoms with E-state index in [4.69, 9.17) is 0 Å². The smallest absolute Gasteiger partial charge is 0.220 e. The molecule has 0 bridgehead atoms. The first-order valence-corrected chi connectivity index (χ1v) is 8.32. The molecule has 3 nitrogen and oxygen atoms in total. The summed E-state index contributed by atoms with van der Waals surface area (Å²) >= 11 is 0. The van der Waals surface area contributed by atoms with Crippen LogP contribution in [-0.2, 0) is 11.2 Å². The van der Waals surface area contributed by atoms with Crippen LogP contribution in [0.4, 0.5) is 0 Å². The molecule has 3 unspecified atom stereocenters. The van der Waals surface area contributed by atoms with Crippen molar-refractivity contribution in [3.05, 3.63) is 35.4 Å². The second kappa shape index (κ2) is 6.61. The molecule has 1 heterocycles. The first-order chi connectivity index (χ1) is 10.2. The Kier molecular flexibility index (Phi) is 4.59. The van der Waals surface area contributed by atoms with E-state index in [0.29, 0.717) is 18.3 Å². The fourth-order valence-electron chi connectivity index (χ4n) is 3.78. The van der Waals surface area contributed by atoms with E-state index in [-0.39, 0.29) is 11.9 Å². The highest BCUT2D eigenvalue weighted by Crippen LogP contribution is 2.31. The maximum Gasteiger partial charge on any atom is 0.220 e. The van der Waals surface area contributed by atoms with E-state index in [1.165, 1.54) is 24.0 Å². The summed E-state index contributed by atoms with van der Waals surface area (Å²) in [7, 11) is 0. The Hall–Kier alpha value is -1.35. The van der Waals surface area contributed by atoms with Crippen LogP contribution in [0.2, 0.25) is 0 Å². The van der Waals surface area contributed by atoms with Crippen molar-refractivity contribution in [3.8, 4) is 0 Å². The Bertz CT molecular complexity index is 494. The van der Waals surface area contributed by atoms with Gasteiger partial charge in [0.1, 0.15) is 0 Å². The SMILES string of the molecule is CC(CC(=O)NC1CCc2ccccc21)C1CCCNC1. The van der Waals surface area contributed by atoms with Gasteiger partial charge in [0.25, 0.3) is 0 Å². The number of amides is 1. The van der Waals surface area contributed by atoms with Crippen molar-refractivity contribution in [1.82, 2.24) is 10.6 Å². The van der Waals surface area contributed by atoms with Crippen LogP contribution >= 0.6 is 0 Å². The number of carbonyl (C=O) groups is 1. The molecule has 1 fully saturated rings. The molecule has 21 heavy (non-hydrogen) atoms. The molecule has 1 aliphatic carbocycles. The van der Waals surface area contributed by atoms with Gasteiger partial charge in [-0.25, -0.2) is 0 Å². The molecule has 1 amide bonds. The molecule has 0 aromatic heterocycles. The fraction of sp³-hybridized carbons (Fsp3) is 0.611. The number of aryl methyl sites for hydroxylation is 1. The highest BCUT2D eigenvalue weighted by molar-refractivity contribution is 5.77. The van der Waals surface area contributed by atoms with Gasteiger partial charge in [-0.2, -0.15) is 0 Å². The van der Waals surface area contributed by atoms with Crippen molar-refractivity contribution in [2.24, 2.45) is 11.8 Å². The standard InChI is InChI=1S/C18H26N2O/c1-13(15-6-4-10-19-12-15)11-18(21)20-17-9-8-14-5-2-3-7-16(14)17/h2-3,5,7,13,15,17,19H,4,6,8-12H2,1H3,(H,20,21). The van der Waals surface area contributed by atoms with Crippen molar-refractivity contribution in [3.63, 3.8) is 0 Å². The van der Waals surface area contributed by atoms with E-state index in [0.717, 1.165) is 25.9 Å². The zero-order chi connectivity index (χ0) is 14.7. The molecule has 114 valence electrons. The fourth-order valence-corrected chi connectivity index (χ4v) is 3.78. The highest BCUT2D eigenvalue weighted by atomic mass is 16.1. The molecule has 2 aliphatic rings. The zero-order valence-electron chi connectivity index (χ0n) is 12.9. The third kappa shape index (κ3) is 3.46. The summed E-state index contributed by atoms with van der Waals surface area (Å²) in [5.41, 5.74) is 2.71. The van der Waals surface area contributed by atoms with Gasteiger partial charge in [-0.15, -0.1) is 0 Å². The van der Waals surface area contributed by atoms with Gasteiger partial charge in [0.05, 0.1) is 6.04 Å². The minimum absolute atomic E-state index is 0.217. The molecule has 3 atom stereocenters. The second-order valence-electron chi connectivity index (χ2n) is 6.65. The topological polar surface area (TPSA) is 41.1 Å². The second-order valence-corrected chi connectivity index (χ2v) is 6.65. The van der Waals surface area contributed by atoms with E-state index >= 15 is 0 Å². The lowest BCUT2D eigenvalue weighted by molar-refractivity contribution is -0.123. The summed E-state index contributed by atoms with van der Waals surface area (Å²) in [6.07, 6.45) is 5.29. The Morgan fingerprint density at radius 2 is 2.24 bits per heavy atom. The minimum atomic E-state index is 0.217. The number of piperidine rings is 1. The van der Waals surface area contributed by atoms with Gasteiger partial charge in [0.15, 0.2) is 0 Å². The molecule has 1 saturated heterocycles. The Balaban J connectivity index is 1.53. The molecule has 0 spiro atoms. The lowest BCUT2D eigenvalue weighted by Gasteiger charge is -2.28. The Labute approximate surface area is 127 Å². The lowest BCUT2D eigenvalue weighted by atomic mass is 9.85. The molecule has 0 radical (unpaired) electrons. The summed E-state index contributed by atoms with van der Waals surface area (Å²) in [6.45, 7) is 4.43. The van der Waals surface area contributed by atoms with E-state index < -0.39 is 0 Å². The number of fused-ring (bicyclic) bond motifs is 1. The zero-order valence-corrected chi connectivity index (χ0v) is 12.9. The number of rotatable bonds is 4. The number of nitrogens with one attached hydrogen (secondary N) is 2. The number of benzene rings is 1. The van der Waals surface area contributed by atoms with Crippen LogP contribution < -0.4 is 10.6 Å². The maximum atomic E-state index is 12.3. The summed E-state index contributed by atoms with van der Waals surface area (Å²) < 4.78 is 0. The van der Waals surface area contributed by atoms with Gasteiger partial charge in [0, 0.05) is 6.42 Å². The van der Waals surface area contributed by atoms with Gasteiger partial charge in [-0.3, -0.25) is 4.79 Å². The maximum absolute atomic E-state index is 12.3. The third-order valence-corrected chi connectivity index (χ3v) is 5.12. The van der Waals surface area contributed by atoms with Crippen LogP contribution in [0.15, 0.2) is 24.3 Å². The molecule has 1 aliphatic heterocycles. The van der Waals surface area contributed by atoms with Gasteiger partial charge in [0.2, 0.25) is 5.91 Å². The van der Waals surface area contributed by atoms with Crippen molar-refractivity contribution in [1.29, 1.82) is 0 Å². The third-order valence-electron chi connectivity index (χ3n) is 5.12. The molecular weight excluding hydrogens is 260 g/mol. The molecule has 3 heteroatoms. The van der Waals surface area contributed by atoms with Crippen LogP contribution in [0.25, 0.3) is 0 Å². The first kappa shape index (κ1) is 14.6. The number of hydrogen-bond acceptors (Lipinski definition) is 2. The van der Waals surface area contributed by atoms with Crippen molar-refractivity contribution >= 4 is 5.91 Å². The summed E-state index contributed by atoms with van der Waals surface area (Å²) in [6, 6.07) is 8.71. The van der Waals surface area contributed by atoms with E-state index in [1.807, 2.05) is 0 Å². The van der Waals surface area contributed by atoms with E-state index in [1.54, 1.807) is 0 Å². The number of hydrogen-bond donors (Lipinski definition) is 2. The van der Waals surface area contributed by atoms with Crippen LogP contribution in [0.1, 0.15) is 49.8 Å². The molecule has 2 N–H and O–H groups in total. The van der Waals surface area contributed by atoms with Crippen LogP contribution in [0, 0.1) is 11.8 Å². The Morgan fingerprint density at radius 3 is 3.05 bits per heavy atom. The predicted octanol–water partition coefficient (Wildman–Crippen LogP) is 2.82. The van der Waals surface area contributed by atoms with Gasteiger partial charge >= 0.3 is 0 Å². The molecule has 1 aromatic rings. The quantitative estimate of drug-likeness (QED) is 0.893. The van der Waals surface area contributed by atoms with Gasteiger partial charge < -0.3 is 10.6 Å². The monoisotopic (exact) mass is 286 g/mol. The first-order valence-electron chi connectivity index (χ1n) is 8.32. The number of carbonyl (C=O) groups excluding carboxylic acids is 1. The average molecular weight is 286 g/mol. The molecule has 1 aromatic carbocycles.